The largest absolute Gasteiger partial charge is 0.507 e. The van der Waals surface area contributed by atoms with Crippen LogP contribution in [0.3, 0.4) is 0 Å². The van der Waals surface area contributed by atoms with Gasteiger partial charge < -0.3 is 91.0 Å². The third kappa shape index (κ3) is 15.9. The van der Waals surface area contributed by atoms with Crippen LogP contribution in [0.25, 0.3) is 0 Å². The molecule has 10 atom stereocenters. The van der Waals surface area contributed by atoms with Crippen LogP contribution in [0.2, 0.25) is 0 Å². The predicted octanol–water partition coefficient (Wildman–Crippen LogP) is 2.13. The van der Waals surface area contributed by atoms with Crippen LogP contribution in [0.15, 0.2) is 54.6 Å². The van der Waals surface area contributed by atoms with Gasteiger partial charge in [0.15, 0.2) is 37.0 Å². The molecule has 1 unspecified atom stereocenters. The number of hydrogen-bond donors (Lipinski definition) is 9. The Hall–Kier alpha value is -9.11. The number of phenols is 2. The monoisotopic (exact) mass is 1340 g/mol. The van der Waals surface area contributed by atoms with E-state index in [1.807, 2.05) is 0 Å². The van der Waals surface area contributed by atoms with Crippen molar-refractivity contribution in [2.75, 3.05) is 78.2 Å². The lowest BCUT2D eigenvalue weighted by atomic mass is 9.71. The number of nitrogens with two attached hydrogens (primary N) is 2. The van der Waals surface area contributed by atoms with E-state index >= 15 is 0 Å². The minimum atomic E-state index is -2.49. The molecule has 31 heteroatoms. The Morgan fingerprint density at radius 3 is 2.20 bits per heavy atom. The number of aliphatic hydroxyl groups is 1. The lowest BCUT2D eigenvalue weighted by molar-refractivity contribution is -0.256. The molecule has 0 aromatic heterocycles. The first kappa shape index (κ1) is 71.2. The Bertz CT molecular complexity index is 3530. The summed E-state index contributed by atoms with van der Waals surface area (Å²) in [6.07, 6.45) is -3.57. The molecule has 2 aliphatic carbocycles. The maximum absolute atomic E-state index is 14.3. The summed E-state index contributed by atoms with van der Waals surface area (Å²) in [6, 6.07) is 7.26. The van der Waals surface area contributed by atoms with E-state index in [-0.39, 0.29) is 110 Å². The Morgan fingerprint density at radius 2 is 1.52 bits per heavy atom. The molecule has 31 nitrogen and oxygen atoms in total. The van der Waals surface area contributed by atoms with Crippen LogP contribution in [-0.2, 0) is 75.0 Å². The second-order valence-corrected chi connectivity index (χ2v) is 24.9. The van der Waals surface area contributed by atoms with Gasteiger partial charge in [-0.05, 0) is 62.3 Å². The van der Waals surface area contributed by atoms with Crippen molar-refractivity contribution in [2.45, 2.75) is 146 Å². The smallest absolute Gasteiger partial charge is 0.409 e. The number of ketones is 3. The molecule has 3 aromatic rings. The number of fused-ring (bicyclic) bond motifs is 6. The average Bonchev–Trinajstić information content (AvgIpc) is 0.894. The van der Waals surface area contributed by atoms with Gasteiger partial charge in [0, 0.05) is 126 Å². The van der Waals surface area contributed by atoms with Crippen molar-refractivity contribution in [1.29, 1.82) is 0 Å². The van der Waals surface area contributed by atoms with Gasteiger partial charge in [-0.3, -0.25) is 48.2 Å². The van der Waals surface area contributed by atoms with E-state index in [1.54, 1.807) is 45.0 Å². The molecule has 3 saturated heterocycles. The van der Waals surface area contributed by atoms with Crippen molar-refractivity contribution in [3.63, 3.8) is 0 Å². The number of carbonyl (C=O) groups is 11. The molecule has 0 saturated carbocycles. The maximum Gasteiger partial charge on any atom is 0.409 e. The third-order valence-corrected chi connectivity index (χ3v) is 17.9. The zero-order valence-electron chi connectivity index (χ0n) is 54.1. The number of nitrogens with one attached hydrogen (secondary N) is 4. The fourth-order valence-corrected chi connectivity index (χ4v) is 12.7. The molecule has 4 aliphatic heterocycles. The molecule has 518 valence electrons. The van der Waals surface area contributed by atoms with Gasteiger partial charge in [-0.25, -0.2) is 14.4 Å². The average molecular weight is 1340 g/mol. The van der Waals surface area contributed by atoms with Crippen molar-refractivity contribution >= 4 is 76.5 Å². The topological polar surface area (TPSA) is 426 Å². The van der Waals surface area contributed by atoms with Gasteiger partial charge in [0.2, 0.25) is 23.5 Å². The molecule has 0 bridgehead atoms. The number of primary amides is 1. The van der Waals surface area contributed by atoms with Gasteiger partial charge in [0.25, 0.3) is 11.8 Å². The molecule has 3 aromatic carbocycles. The van der Waals surface area contributed by atoms with Crippen molar-refractivity contribution in [2.24, 2.45) is 11.7 Å². The summed E-state index contributed by atoms with van der Waals surface area (Å²) in [6.45, 7) is 4.96. The minimum Gasteiger partial charge on any atom is -0.507 e. The summed E-state index contributed by atoms with van der Waals surface area (Å²) in [5.74, 6) is -7.05. The van der Waals surface area contributed by atoms with Crippen molar-refractivity contribution in [3.05, 3.63) is 93.6 Å². The molecular formula is C65H82N10O21. The number of imide groups is 1. The zero-order chi connectivity index (χ0) is 69.4. The molecule has 9 rings (SSSR count). The van der Waals surface area contributed by atoms with Crippen molar-refractivity contribution in [3.8, 4) is 11.5 Å². The molecule has 96 heavy (non-hydrogen) atoms. The van der Waals surface area contributed by atoms with Crippen LogP contribution in [0.1, 0.15) is 127 Å². The van der Waals surface area contributed by atoms with E-state index in [1.165, 1.54) is 56.5 Å². The molecular weight excluding hydrogens is 1260 g/mol. The molecule has 9 amide bonds. The number of unbranched alkanes of at least 4 members (excludes halogenated alkanes) is 2. The van der Waals surface area contributed by atoms with Gasteiger partial charge in [-0.1, -0.05) is 44.5 Å². The van der Waals surface area contributed by atoms with E-state index in [0.29, 0.717) is 43.7 Å². The highest BCUT2D eigenvalue weighted by atomic mass is 16.7. The number of Topliss-reactive ketones (excluding diaryl/α,β-unsaturated/α-hetero) is 1. The summed E-state index contributed by atoms with van der Waals surface area (Å²) in [5.41, 5.74) is 7.82. The van der Waals surface area contributed by atoms with E-state index in [4.69, 9.17) is 44.6 Å². The summed E-state index contributed by atoms with van der Waals surface area (Å²) < 4.78 is 41.4. The lowest BCUT2D eigenvalue weighted by Gasteiger charge is -2.43. The normalized spacial score (nSPS) is 23.2. The fourth-order valence-electron chi connectivity index (χ4n) is 12.7. The predicted molar refractivity (Wildman–Crippen MR) is 336 cm³/mol. The number of aromatic hydroxyl groups is 2. The number of ether oxygens (including phenoxy) is 7. The number of anilines is 2. The molecule has 0 radical (unpaired) electrons. The summed E-state index contributed by atoms with van der Waals surface area (Å²) in [5, 5.41) is 47.2. The second kappa shape index (κ2) is 30.7. The number of nitrogens with zero attached hydrogens (tertiary/aromatic N) is 4. The minimum absolute atomic E-state index is 0.0440. The number of carbonyl (C=O) groups excluding carboxylic acids is 11. The summed E-state index contributed by atoms with van der Waals surface area (Å²) in [4.78, 5) is 150. The van der Waals surface area contributed by atoms with Crippen LogP contribution >= 0.6 is 0 Å². The molecule has 6 aliphatic rings. The first-order valence-corrected chi connectivity index (χ1v) is 31.7. The lowest BCUT2D eigenvalue weighted by Crippen LogP contribution is -2.55. The number of amides is 9. The SMILES string of the molecule is CO[C@H]1OCCN2[C@@H]1O[C@@H]1[C@H](C)OC(O[C@H]3C[C@](O)(C(=O)COC(=O)N(C)CCN(C)C(=O)OCc4ccc(NC(=O)[C@H](CCCNC(N)=O)NC(=O)[C@@H](NC(=O)CCCCCN5C(=O)C=CC5=O)C(C)C)cc4)Cc4c(O)c5c(c(O)c43)C(=O)c3c(N)cccc3C5=O)C[C@@H]12. The molecule has 0 spiro atoms. The Kier molecular flexibility index (Phi) is 22.8. The Morgan fingerprint density at radius 1 is 0.833 bits per heavy atom. The molecule has 3 fully saturated rings. The number of benzene rings is 3. The van der Waals surface area contributed by atoms with Gasteiger partial charge >= 0.3 is 18.2 Å². The van der Waals surface area contributed by atoms with Crippen LogP contribution in [0.4, 0.5) is 25.8 Å². The molecule has 11 N–H and O–H groups in total. The fraction of sp³-hybridized carbons (Fsp3) is 0.523. The third-order valence-electron chi connectivity index (χ3n) is 17.9. The highest BCUT2D eigenvalue weighted by Gasteiger charge is 2.55. The number of hydrogen-bond acceptors (Lipinski definition) is 23. The number of nitrogen functional groups attached to an aromatic ring is 1. The van der Waals surface area contributed by atoms with E-state index in [0.717, 1.165) is 9.80 Å². The summed E-state index contributed by atoms with van der Waals surface area (Å²) in [7, 11) is 4.26. The zero-order valence-corrected chi connectivity index (χ0v) is 54.1. The Balaban J connectivity index is 0.769. The highest BCUT2D eigenvalue weighted by Crippen LogP contribution is 2.53. The molecule has 4 heterocycles. The number of morpholine rings is 1. The van der Waals surface area contributed by atoms with Crippen LogP contribution in [0, 0.1) is 5.92 Å². The number of likely N-dealkylation sites (N-methyl/N-ethyl adjacent to an activating group) is 2. The maximum atomic E-state index is 14.3. The second-order valence-electron chi connectivity index (χ2n) is 24.9. The van der Waals surface area contributed by atoms with E-state index in [9.17, 15) is 68.1 Å². The van der Waals surface area contributed by atoms with Crippen LogP contribution < -0.4 is 32.7 Å². The first-order valence-electron chi connectivity index (χ1n) is 31.7. The quantitative estimate of drug-likeness (QED) is 0.0179. The van der Waals surface area contributed by atoms with Crippen molar-refractivity contribution in [1.82, 2.24) is 35.6 Å². The Labute approximate surface area is 552 Å². The van der Waals surface area contributed by atoms with Crippen LogP contribution in [-0.4, -0.2) is 222 Å². The van der Waals surface area contributed by atoms with Gasteiger partial charge in [0.05, 0.1) is 35.5 Å². The number of methoxy groups -OCH3 is 1. The van der Waals surface area contributed by atoms with E-state index in [2.05, 4.69) is 26.2 Å². The van der Waals surface area contributed by atoms with E-state index < -0.39 is 150 Å². The first-order chi connectivity index (χ1) is 45.7. The van der Waals surface area contributed by atoms with Gasteiger partial charge in [-0.2, -0.15) is 0 Å². The van der Waals surface area contributed by atoms with Gasteiger partial charge in [0.1, 0.15) is 41.9 Å². The standard InChI is InChI=1S/C65H82N10O21/c1-33(2)52(71-44(77)15-8-7-9-23-75-45(78)20-21-46(75)79)59(85)70-40(14-11-22-68-62(67)86)58(84)69-36-18-16-35(17-19-36)31-92-63(87)72(4)24-25-73(5)64(88)93-32-43(76)65(89)29-38-49(56(83)51-50(54(38)81)53(80)37-12-10-13-39(66)48(37)55(51)82)42(30-65)95-47-28-41-57(34(3)94-47)96-60-61(90-6)91-27-26-74(41)60/h10,12-13,16-21,33-34,40-42,47,52,57,60-61,81,83,89H,7-9,11,14-15,22-32,66H2,1-6H3,(H,69,84)(H,70,85)(H,71,77)(H3,67,68,86)/t34-,40-,41-,42-,47?,52-,57+,60+,61-,65-/m0/s1. The summed E-state index contributed by atoms with van der Waals surface area (Å²) >= 11 is 0. The van der Waals surface area contributed by atoms with Crippen LogP contribution in [0.5, 0.6) is 11.5 Å². The van der Waals surface area contributed by atoms with Gasteiger partial charge in [-0.15, -0.1) is 0 Å². The number of rotatable bonds is 27. The highest BCUT2D eigenvalue weighted by molar-refractivity contribution is 6.32. The number of urea groups is 1. The number of phenolic OH excluding ortho intramolecular Hbond substituents is 2. The van der Waals surface area contributed by atoms with Crippen molar-refractivity contribution < 1.29 is 101 Å².